The topological polar surface area (TPSA) is 32.3 Å². The number of hydrogen-bond donors (Lipinski definition) is 1. The van der Waals surface area contributed by atoms with Crippen LogP contribution in [-0.4, -0.2) is 36.0 Å². The van der Waals surface area contributed by atoms with E-state index in [4.69, 9.17) is 0 Å². The molecule has 0 spiro atoms. The minimum absolute atomic E-state index is 0.0628. The Morgan fingerprint density at radius 3 is 2.33 bits per heavy atom. The van der Waals surface area contributed by atoms with Crippen molar-refractivity contribution in [2.75, 3.05) is 13.1 Å². The molecular formula is C18H36N2O. The van der Waals surface area contributed by atoms with Crippen LogP contribution < -0.4 is 5.32 Å². The van der Waals surface area contributed by atoms with E-state index in [-0.39, 0.29) is 6.04 Å². The number of rotatable bonds is 11. The van der Waals surface area contributed by atoms with Crippen molar-refractivity contribution >= 4 is 5.91 Å². The van der Waals surface area contributed by atoms with Crippen LogP contribution in [0.5, 0.6) is 0 Å². The zero-order valence-electron chi connectivity index (χ0n) is 14.5. The minimum Gasteiger partial charge on any atom is -0.341 e. The number of amides is 1. The third-order valence-electron chi connectivity index (χ3n) is 4.35. The molecule has 1 N–H and O–H groups in total. The molecule has 1 amide bonds. The molecule has 124 valence electrons. The third kappa shape index (κ3) is 7.85. The van der Waals surface area contributed by atoms with Crippen molar-refractivity contribution in [3.63, 3.8) is 0 Å². The Labute approximate surface area is 131 Å². The smallest absolute Gasteiger partial charge is 0.239 e. The highest BCUT2D eigenvalue weighted by atomic mass is 16.2. The first-order chi connectivity index (χ1) is 10.1. The Kier molecular flexibility index (Phi) is 9.73. The molecular weight excluding hydrogens is 260 g/mol. The van der Waals surface area contributed by atoms with Gasteiger partial charge in [0.05, 0.1) is 6.04 Å². The van der Waals surface area contributed by atoms with Gasteiger partial charge < -0.3 is 10.2 Å². The lowest BCUT2D eigenvalue weighted by atomic mass is 10.0. The van der Waals surface area contributed by atoms with Crippen LogP contribution in [0.15, 0.2) is 0 Å². The largest absolute Gasteiger partial charge is 0.341 e. The number of nitrogens with zero attached hydrogens (tertiary/aromatic N) is 1. The number of carbonyl (C=O) groups excluding carboxylic acids is 1. The van der Waals surface area contributed by atoms with Gasteiger partial charge in [-0.15, -0.1) is 0 Å². The minimum atomic E-state index is 0.0628. The van der Waals surface area contributed by atoms with Gasteiger partial charge in [-0.3, -0.25) is 4.79 Å². The predicted octanol–water partition coefficient (Wildman–Crippen LogP) is 4.12. The summed E-state index contributed by atoms with van der Waals surface area (Å²) >= 11 is 0. The molecule has 1 rings (SSSR count). The second-order valence-electron chi connectivity index (χ2n) is 6.82. The van der Waals surface area contributed by atoms with Crippen LogP contribution in [0, 0.1) is 0 Å². The summed E-state index contributed by atoms with van der Waals surface area (Å²) in [4.78, 5) is 14.4. The van der Waals surface area contributed by atoms with Gasteiger partial charge in [-0.1, -0.05) is 65.7 Å². The van der Waals surface area contributed by atoms with Crippen molar-refractivity contribution in [3.8, 4) is 0 Å². The fourth-order valence-electron chi connectivity index (χ4n) is 3.16. The maximum absolute atomic E-state index is 12.4. The van der Waals surface area contributed by atoms with Crippen LogP contribution in [0.2, 0.25) is 0 Å². The van der Waals surface area contributed by atoms with Gasteiger partial charge in [0.1, 0.15) is 0 Å². The fourth-order valence-corrected chi connectivity index (χ4v) is 3.16. The Hall–Kier alpha value is -0.570. The zero-order chi connectivity index (χ0) is 15.5. The summed E-state index contributed by atoms with van der Waals surface area (Å²) in [7, 11) is 0. The highest BCUT2D eigenvalue weighted by Gasteiger charge is 2.28. The Bertz CT molecular complexity index is 278. The molecule has 1 saturated heterocycles. The average Bonchev–Trinajstić information content (AvgIpc) is 2.45. The highest BCUT2D eigenvalue weighted by molar-refractivity contribution is 5.82. The molecule has 0 aromatic carbocycles. The monoisotopic (exact) mass is 296 g/mol. The van der Waals surface area contributed by atoms with Crippen molar-refractivity contribution in [2.45, 2.75) is 97.1 Å². The summed E-state index contributed by atoms with van der Waals surface area (Å²) in [5, 5.41) is 3.40. The molecule has 0 saturated carbocycles. The molecule has 3 nitrogen and oxygen atoms in total. The van der Waals surface area contributed by atoms with E-state index in [1.54, 1.807) is 0 Å². The van der Waals surface area contributed by atoms with E-state index in [0.29, 0.717) is 11.9 Å². The summed E-state index contributed by atoms with van der Waals surface area (Å²) in [6.45, 7) is 8.42. The first kappa shape index (κ1) is 18.5. The molecule has 1 atom stereocenters. The van der Waals surface area contributed by atoms with Crippen LogP contribution in [0.4, 0.5) is 0 Å². The molecule has 1 heterocycles. The summed E-state index contributed by atoms with van der Waals surface area (Å²) in [5.74, 6) is 0.331. The summed E-state index contributed by atoms with van der Waals surface area (Å²) in [5.41, 5.74) is 0. The molecule has 0 aromatic rings. The molecule has 1 aliphatic heterocycles. The molecule has 0 aliphatic carbocycles. The summed E-state index contributed by atoms with van der Waals surface area (Å²) in [6, 6.07) is 0.454. The molecule has 1 unspecified atom stereocenters. The van der Waals surface area contributed by atoms with Crippen LogP contribution in [-0.2, 0) is 4.79 Å². The van der Waals surface area contributed by atoms with E-state index in [1.807, 2.05) is 0 Å². The van der Waals surface area contributed by atoms with Crippen molar-refractivity contribution in [1.29, 1.82) is 0 Å². The van der Waals surface area contributed by atoms with Crippen LogP contribution in [0.1, 0.15) is 85.0 Å². The Morgan fingerprint density at radius 2 is 1.71 bits per heavy atom. The van der Waals surface area contributed by atoms with Crippen molar-refractivity contribution in [2.24, 2.45) is 0 Å². The lowest BCUT2D eigenvalue weighted by molar-refractivity contribution is -0.136. The van der Waals surface area contributed by atoms with Crippen molar-refractivity contribution in [1.82, 2.24) is 10.2 Å². The molecule has 1 fully saturated rings. The summed E-state index contributed by atoms with van der Waals surface area (Å²) < 4.78 is 0. The van der Waals surface area contributed by atoms with Gasteiger partial charge in [-0.05, 0) is 19.3 Å². The predicted molar refractivity (Wildman–Crippen MR) is 90.5 cm³/mol. The second-order valence-corrected chi connectivity index (χ2v) is 6.82. The normalized spacial score (nSPS) is 19.5. The van der Waals surface area contributed by atoms with E-state index in [2.05, 4.69) is 31.0 Å². The Balaban J connectivity index is 2.09. The third-order valence-corrected chi connectivity index (χ3v) is 4.35. The lowest BCUT2D eigenvalue weighted by Crippen LogP contribution is -2.52. The molecule has 21 heavy (non-hydrogen) atoms. The zero-order valence-corrected chi connectivity index (χ0v) is 14.5. The van der Waals surface area contributed by atoms with Crippen molar-refractivity contribution < 1.29 is 4.79 Å². The van der Waals surface area contributed by atoms with E-state index in [0.717, 1.165) is 25.9 Å². The van der Waals surface area contributed by atoms with E-state index >= 15 is 0 Å². The Morgan fingerprint density at radius 1 is 1.10 bits per heavy atom. The summed E-state index contributed by atoms with van der Waals surface area (Å²) in [6.07, 6.45) is 12.8. The van der Waals surface area contributed by atoms with Gasteiger partial charge in [-0.2, -0.15) is 0 Å². The van der Waals surface area contributed by atoms with Gasteiger partial charge in [0.25, 0.3) is 0 Å². The number of unbranched alkanes of at least 4 members (excludes halogenated alkanes) is 7. The quantitative estimate of drug-likeness (QED) is 0.582. The molecule has 0 radical (unpaired) electrons. The first-order valence-electron chi connectivity index (χ1n) is 9.20. The van der Waals surface area contributed by atoms with Crippen LogP contribution >= 0.6 is 0 Å². The number of nitrogens with one attached hydrogen (secondary N) is 1. The molecule has 1 aliphatic rings. The van der Waals surface area contributed by atoms with E-state index in [1.165, 1.54) is 51.4 Å². The highest BCUT2D eigenvalue weighted by Crippen LogP contribution is 2.14. The SMILES string of the molecule is CCCCCCCCCCN1CCCC(NC(C)C)C1=O. The maximum Gasteiger partial charge on any atom is 0.239 e. The van der Waals surface area contributed by atoms with Crippen LogP contribution in [0.25, 0.3) is 0 Å². The number of carbonyl (C=O) groups is 1. The van der Waals surface area contributed by atoms with Gasteiger partial charge in [0.2, 0.25) is 5.91 Å². The van der Waals surface area contributed by atoms with E-state index in [9.17, 15) is 4.79 Å². The van der Waals surface area contributed by atoms with E-state index < -0.39 is 0 Å². The fraction of sp³-hybridized carbons (Fsp3) is 0.944. The standard InChI is InChI=1S/C18H36N2O/c1-4-5-6-7-8-9-10-11-14-20-15-12-13-17(18(20)21)19-16(2)3/h16-17,19H,4-15H2,1-3H3. The van der Waals surface area contributed by atoms with Crippen molar-refractivity contribution in [3.05, 3.63) is 0 Å². The van der Waals surface area contributed by atoms with Gasteiger partial charge in [0, 0.05) is 19.1 Å². The number of piperidine rings is 1. The molecule has 0 bridgehead atoms. The van der Waals surface area contributed by atoms with Gasteiger partial charge >= 0.3 is 0 Å². The van der Waals surface area contributed by atoms with Gasteiger partial charge in [0.15, 0.2) is 0 Å². The first-order valence-corrected chi connectivity index (χ1v) is 9.20. The maximum atomic E-state index is 12.4. The number of hydrogen-bond acceptors (Lipinski definition) is 2. The second kappa shape index (κ2) is 11.1. The average molecular weight is 296 g/mol. The number of likely N-dealkylation sites (tertiary alicyclic amines) is 1. The van der Waals surface area contributed by atoms with Gasteiger partial charge in [-0.25, -0.2) is 0 Å². The van der Waals surface area contributed by atoms with Crippen LogP contribution in [0.3, 0.4) is 0 Å². The molecule has 0 aromatic heterocycles. The molecule has 3 heteroatoms. The lowest BCUT2D eigenvalue weighted by Gasteiger charge is -2.33.